The van der Waals surface area contributed by atoms with E-state index >= 15 is 0 Å². The molecule has 0 aromatic rings. The van der Waals surface area contributed by atoms with Gasteiger partial charge in [-0.25, -0.2) is 0 Å². The first-order valence-corrected chi connectivity index (χ1v) is 4.35. The zero-order chi connectivity index (χ0) is 9.84. The highest BCUT2D eigenvalue weighted by atomic mass is 16.2. The molecular formula is C9H12N2O2. The molecule has 1 aliphatic rings. The van der Waals surface area contributed by atoms with Crippen molar-refractivity contribution in [3.8, 4) is 6.07 Å². The Morgan fingerprint density at radius 2 is 2.08 bits per heavy atom. The van der Waals surface area contributed by atoms with Crippen molar-refractivity contribution in [2.75, 3.05) is 13.1 Å². The maximum atomic E-state index is 11.4. The van der Waals surface area contributed by atoms with Crippen molar-refractivity contribution in [2.24, 2.45) is 5.92 Å². The zero-order valence-corrected chi connectivity index (χ0v) is 7.62. The minimum absolute atomic E-state index is 0.157. The van der Waals surface area contributed by atoms with E-state index in [1.165, 1.54) is 0 Å². The molecular weight excluding hydrogens is 168 g/mol. The lowest BCUT2D eigenvalue weighted by Crippen LogP contribution is -2.41. The summed E-state index contributed by atoms with van der Waals surface area (Å²) in [5.74, 6) is -0.545. The monoisotopic (exact) mass is 180 g/mol. The predicted octanol–water partition coefficient (Wildman–Crippen LogP) is 0.338. The molecule has 0 aromatic heterocycles. The van der Waals surface area contributed by atoms with Crippen molar-refractivity contribution < 1.29 is 9.59 Å². The van der Waals surface area contributed by atoms with E-state index in [-0.39, 0.29) is 11.7 Å². The summed E-state index contributed by atoms with van der Waals surface area (Å²) in [4.78, 5) is 23.9. The van der Waals surface area contributed by atoms with Crippen LogP contribution in [0, 0.1) is 17.2 Å². The molecule has 0 aromatic carbocycles. The highest BCUT2D eigenvalue weighted by Crippen LogP contribution is 2.09. The number of hydrogen-bond acceptors (Lipinski definition) is 3. The second kappa shape index (κ2) is 4.04. The molecule has 1 amide bonds. The minimum atomic E-state index is -0.590. The Bertz CT molecular complexity index is 257. The van der Waals surface area contributed by atoms with E-state index in [0.717, 1.165) is 0 Å². The molecule has 1 saturated heterocycles. The Labute approximate surface area is 77.1 Å². The summed E-state index contributed by atoms with van der Waals surface area (Å²) >= 11 is 0. The van der Waals surface area contributed by atoms with Crippen molar-refractivity contribution in [3.63, 3.8) is 0 Å². The molecule has 1 rings (SSSR count). The number of piperidine rings is 1. The van der Waals surface area contributed by atoms with Crippen LogP contribution in [0.5, 0.6) is 0 Å². The van der Waals surface area contributed by atoms with Crippen LogP contribution in [0.1, 0.15) is 19.8 Å². The van der Waals surface area contributed by atoms with E-state index < -0.39 is 5.92 Å². The van der Waals surface area contributed by atoms with Gasteiger partial charge in [-0.05, 0) is 6.92 Å². The minimum Gasteiger partial charge on any atom is -0.341 e. The van der Waals surface area contributed by atoms with Gasteiger partial charge >= 0.3 is 0 Å². The van der Waals surface area contributed by atoms with Gasteiger partial charge in [0.1, 0.15) is 11.7 Å². The second-order valence-corrected chi connectivity index (χ2v) is 3.21. The van der Waals surface area contributed by atoms with Gasteiger partial charge in [-0.1, -0.05) is 0 Å². The van der Waals surface area contributed by atoms with Crippen molar-refractivity contribution in [1.82, 2.24) is 4.90 Å². The Hall–Kier alpha value is -1.37. The Morgan fingerprint density at radius 3 is 2.54 bits per heavy atom. The van der Waals surface area contributed by atoms with Gasteiger partial charge in [0.2, 0.25) is 5.91 Å². The SMILES string of the molecule is CC(C#N)C(=O)N1CCC(=O)CC1. The van der Waals surface area contributed by atoms with Crippen molar-refractivity contribution >= 4 is 11.7 Å². The van der Waals surface area contributed by atoms with Crippen LogP contribution in [0.4, 0.5) is 0 Å². The van der Waals surface area contributed by atoms with E-state index in [1.54, 1.807) is 11.8 Å². The number of amides is 1. The molecule has 1 heterocycles. The summed E-state index contributed by atoms with van der Waals surface area (Å²) in [7, 11) is 0. The Morgan fingerprint density at radius 1 is 1.54 bits per heavy atom. The van der Waals surface area contributed by atoms with E-state index in [4.69, 9.17) is 5.26 Å². The van der Waals surface area contributed by atoms with E-state index in [9.17, 15) is 9.59 Å². The van der Waals surface area contributed by atoms with E-state index in [0.29, 0.717) is 25.9 Å². The average molecular weight is 180 g/mol. The van der Waals surface area contributed by atoms with Gasteiger partial charge < -0.3 is 4.90 Å². The fraction of sp³-hybridized carbons (Fsp3) is 0.667. The first-order chi connectivity index (χ1) is 6.15. The number of nitriles is 1. The van der Waals surface area contributed by atoms with Gasteiger partial charge in [0.05, 0.1) is 6.07 Å². The van der Waals surface area contributed by atoms with Gasteiger partial charge in [0, 0.05) is 25.9 Å². The molecule has 1 fully saturated rings. The molecule has 0 saturated carbocycles. The van der Waals surface area contributed by atoms with Crippen molar-refractivity contribution in [2.45, 2.75) is 19.8 Å². The second-order valence-electron chi connectivity index (χ2n) is 3.21. The van der Waals surface area contributed by atoms with Crippen LogP contribution in [-0.2, 0) is 9.59 Å². The highest BCUT2D eigenvalue weighted by Gasteiger charge is 2.24. The lowest BCUT2D eigenvalue weighted by Gasteiger charge is -2.26. The average Bonchev–Trinajstić information content (AvgIpc) is 2.17. The number of carbonyl (C=O) groups is 2. The first kappa shape index (κ1) is 9.72. The summed E-state index contributed by atoms with van der Waals surface area (Å²) < 4.78 is 0. The molecule has 0 N–H and O–H groups in total. The number of hydrogen-bond donors (Lipinski definition) is 0. The third-order valence-electron chi connectivity index (χ3n) is 2.20. The van der Waals surface area contributed by atoms with Gasteiger partial charge in [0.25, 0.3) is 0 Å². The lowest BCUT2D eigenvalue weighted by atomic mass is 10.1. The molecule has 0 bridgehead atoms. The van der Waals surface area contributed by atoms with E-state index in [2.05, 4.69) is 0 Å². The third kappa shape index (κ3) is 2.28. The summed E-state index contributed by atoms with van der Waals surface area (Å²) in [5.41, 5.74) is 0. The fourth-order valence-corrected chi connectivity index (χ4v) is 1.31. The smallest absolute Gasteiger partial charge is 0.239 e. The first-order valence-electron chi connectivity index (χ1n) is 4.35. The lowest BCUT2D eigenvalue weighted by molar-refractivity contribution is -0.136. The highest BCUT2D eigenvalue weighted by molar-refractivity contribution is 5.85. The molecule has 0 spiro atoms. The third-order valence-corrected chi connectivity index (χ3v) is 2.20. The fourth-order valence-electron chi connectivity index (χ4n) is 1.31. The molecule has 0 aliphatic carbocycles. The number of carbonyl (C=O) groups excluding carboxylic acids is 2. The van der Waals surface area contributed by atoms with E-state index in [1.807, 2.05) is 6.07 Å². The summed E-state index contributed by atoms with van der Waals surface area (Å²) in [5, 5.41) is 8.52. The topological polar surface area (TPSA) is 61.2 Å². The van der Waals surface area contributed by atoms with Crippen LogP contribution < -0.4 is 0 Å². The summed E-state index contributed by atoms with van der Waals surface area (Å²) in [6.45, 7) is 2.53. The Balaban J connectivity index is 2.50. The molecule has 0 radical (unpaired) electrons. The van der Waals surface area contributed by atoms with Crippen LogP contribution in [0.3, 0.4) is 0 Å². The number of rotatable bonds is 1. The maximum Gasteiger partial charge on any atom is 0.239 e. The van der Waals surface area contributed by atoms with Gasteiger partial charge in [0.15, 0.2) is 0 Å². The van der Waals surface area contributed by atoms with Gasteiger partial charge in [-0.15, -0.1) is 0 Å². The molecule has 1 aliphatic heterocycles. The normalized spacial score (nSPS) is 19.4. The zero-order valence-electron chi connectivity index (χ0n) is 7.62. The van der Waals surface area contributed by atoms with Crippen LogP contribution in [0.15, 0.2) is 0 Å². The van der Waals surface area contributed by atoms with Gasteiger partial charge in [-0.2, -0.15) is 5.26 Å². The Kier molecular flexibility index (Phi) is 3.02. The van der Waals surface area contributed by atoms with Crippen LogP contribution >= 0.6 is 0 Å². The number of Topliss-reactive ketones (excluding diaryl/α,β-unsaturated/α-hetero) is 1. The molecule has 1 unspecified atom stereocenters. The summed E-state index contributed by atoms with van der Waals surface area (Å²) in [6.07, 6.45) is 0.869. The maximum absolute atomic E-state index is 11.4. The molecule has 4 nitrogen and oxygen atoms in total. The number of likely N-dealkylation sites (tertiary alicyclic amines) is 1. The summed E-state index contributed by atoms with van der Waals surface area (Å²) in [6, 6.07) is 1.90. The molecule has 4 heteroatoms. The molecule has 70 valence electrons. The van der Waals surface area contributed by atoms with Crippen LogP contribution in [0.2, 0.25) is 0 Å². The standard InChI is InChI=1S/C9H12N2O2/c1-7(6-10)9(13)11-4-2-8(12)3-5-11/h7H,2-5H2,1H3. The quantitative estimate of drug-likeness (QED) is 0.584. The van der Waals surface area contributed by atoms with Gasteiger partial charge in [-0.3, -0.25) is 9.59 Å². The van der Waals surface area contributed by atoms with Crippen molar-refractivity contribution in [3.05, 3.63) is 0 Å². The predicted molar refractivity (Wildman–Crippen MR) is 45.6 cm³/mol. The number of nitrogens with zero attached hydrogens (tertiary/aromatic N) is 2. The van der Waals surface area contributed by atoms with Crippen LogP contribution in [-0.4, -0.2) is 29.7 Å². The molecule has 1 atom stereocenters. The van der Waals surface area contributed by atoms with Crippen molar-refractivity contribution in [1.29, 1.82) is 5.26 Å². The number of ketones is 1. The van der Waals surface area contributed by atoms with Crippen LogP contribution in [0.25, 0.3) is 0 Å². The largest absolute Gasteiger partial charge is 0.341 e. The molecule has 13 heavy (non-hydrogen) atoms.